The maximum Gasteiger partial charge on any atom is 0.396 e. The number of alkyl halides is 3. The number of carbonyl (C=O) groups excluding carboxylic acids is 2. The summed E-state index contributed by atoms with van der Waals surface area (Å²) in [6.07, 6.45) is -0.626. The molecular weight excluding hydrogens is 513 g/mol. The second-order valence-electron chi connectivity index (χ2n) is 8.00. The van der Waals surface area contributed by atoms with Crippen LogP contribution in [0.15, 0.2) is 35.5 Å². The Labute approximate surface area is 207 Å². The van der Waals surface area contributed by atoms with E-state index in [0.717, 1.165) is 25.8 Å². The fraction of sp³-hybridized carbons (Fsp3) is 0.400. The van der Waals surface area contributed by atoms with Crippen LogP contribution in [0.25, 0.3) is 0 Å². The molecule has 190 valence electrons. The largest absolute Gasteiger partial charge is 0.464 e. The van der Waals surface area contributed by atoms with Gasteiger partial charge in [0.15, 0.2) is 5.69 Å². The van der Waals surface area contributed by atoms with Crippen LogP contribution < -0.4 is 15.2 Å². The van der Waals surface area contributed by atoms with Gasteiger partial charge in [-0.25, -0.2) is 9.78 Å². The summed E-state index contributed by atoms with van der Waals surface area (Å²) in [5, 5.41) is 5.29. The second-order valence-corrected chi connectivity index (χ2v) is 9.21. The number of ether oxygens (including phenoxy) is 2. The highest BCUT2D eigenvalue weighted by Gasteiger charge is 2.47. The number of hydrogen-bond acceptors (Lipinski definition) is 9. The summed E-state index contributed by atoms with van der Waals surface area (Å²) < 4.78 is 53.0. The lowest BCUT2D eigenvalue weighted by atomic mass is 9.94. The predicted molar refractivity (Wildman–Crippen MR) is 121 cm³/mol. The van der Waals surface area contributed by atoms with Gasteiger partial charge >= 0.3 is 12.1 Å². The Kier molecular flexibility index (Phi) is 7.99. The van der Waals surface area contributed by atoms with Crippen molar-refractivity contribution in [2.45, 2.75) is 31.1 Å². The summed E-state index contributed by atoms with van der Waals surface area (Å²) in [7, 11) is 2.84. The number of rotatable bonds is 8. The molecule has 2 aromatic heterocycles. The number of carbonyl (C=O) groups is 2. The first kappa shape index (κ1) is 26.8. The predicted octanol–water partition coefficient (Wildman–Crippen LogP) is 3.46. The van der Waals surface area contributed by atoms with Gasteiger partial charge in [-0.1, -0.05) is 11.6 Å². The van der Waals surface area contributed by atoms with Crippen molar-refractivity contribution in [3.05, 3.63) is 47.0 Å². The van der Waals surface area contributed by atoms with Crippen molar-refractivity contribution >= 4 is 41.2 Å². The maximum atomic E-state index is 13.0. The highest BCUT2D eigenvalue weighted by atomic mass is 35.5. The monoisotopic (exact) mass is 534 g/mol. The van der Waals surface area contributed by atoms with E-state index in [0.29, 0.717) is 4.90 Å². The molecule has 2 N–H and O–H groups in total. The number of methoxy groups -OCH3 is 1. The second kappa shape index (κ2) is 10.4. The van der Waals surface area contributed by atoms with Crippen LogP contribution >= 0.6 is 23.5 Å². The fourth-order valence-corrected chi connectivity index (χ4v) is 3.64. The van der Waals surface area contributed by atoms with E-state index in [2.05, 4.69) is 25.0 Å². The van der Waals surface area contributed by atoms with Crippen LogP contribution in [0.2, 0.25) is 5.15 Å². The lowest BCUT2D eigenvalue weighted by molar-refractivity contribution is -0.230. The van der Waals surface area contributed by atoms with Crippen LogP contribution in [0.1, 0.15) is 34.7 Å². The average molecular weight is 535 g/mol. The molecule has 3 heterocycles. The Hall–Kier alpha value is -2.81. The molecule has 2 aromatic rings. The molecule has 1 aliphatic rings. The molecule has 35 heavy (non-hydrogen) atoms. The smallest absolute Gasteiger partial charge is 0.396 e. The number of amides is 1. The minimum atomic E-state index is -4.41. The third-order valence-corrected chi connectivity index (χ3v) is 5.91. The molecule has 1 amide bonds. The molecule has 3 rings (SSSR count). The van der Waals surface area contributed by atoms with E-state index < -0.39 is 36.3 Å². The first-order valence-electron chi connectivity index (χ1n) is 10.00. The van der Waals surface area contributed by atoms with E-state index in [4.69, 9.17) is 16.3 Å². The van der Waals surface area contributed by atoms with Crippen LogP contribution in [0, 0.1) is 5.41 Å². The zero-order valence-electron chi connectivity index (χ0n) is 19.0. The molecule has 0 saturated carbocycles. The van der Waals surface area contributed by atoms with Crippen molar-refractivity contribution in [2.24, 2.45) is 12.5 Å². The van der Waals surface area contributed by atoms with Crippen LogP contribution in [0.3, 0.4) is 0 Å². The Morgan fingerprint density at radius 1 is 1.31 bits per heavy atom. The number of anilines is 1. The lowest BCUT2D eigenvalue weighted by Crippen LogP contribution is -2.42. The Balaban J connectivity index is 1.60. The number of nitrogens with zero attached hydrogens (tertiary/aromatic N) is 4. The number of pyridine rings is 1. The minimum absolute atomic E-state index is 0.0437. The summed E-state index contributed by atoms with van der Waals surface area (Å²) in [5.41, 5.74) is 0.924. The van der Waals surface area contributed by atoms with Gasteiger partial charge in [-0.15, -0.1) is 0 Å². The molecule has 0 saturated heterocycles. The molecule has 0 aliphatic carbocycles. The molecule has 0 fully saturated rings. The van der Waals surface area contributed by atoms with Gasteiger partial charge in [0.05, 0.1) is 29.6 Å². The zero-order chi connectivity index (χ0) is 26.0. The van der Waals surface area contributed by atoms with Crippen LogP contribution in [-0.4, -0.2) is 52.8 Å². The average Bonchev–Trinajstić information content (AvgIpc) is 3.41. The number of esters is 1. The molecule has 15 heteroatoms. The summed E-state index contributed by atoms with van der Waals surface area (Å²) in [5.74, 6) is -0.932. The highest BCUT2D eigenvalue weighted by molar-refractivity contribution is 7.98. The molecule has 1 atom stereocenters. The quantitative estimate of drug-likeness (QED) is 0.299. The molecule has 10 nitrogen and oxygen atoms in total. The van der Waals surface area contributed by atoms with Crippen molar-refractivity contribution < 1.29 is 32.2 Å². The van der Waals surface area contributed by atoms with Crippen molar-refractivity contribution in [3.63, 3.8) is 0 Å². The Morgan fingerprint density at radius 3 is 2.66 bits per heavy atom. The SMILES string of the molecule is COC(=O)c1nn(C)cc1SNC(=O)c1ccc(N2C=CC(OCC(C)(C)C(F)(F)F)N2)nc1Cl. The van der Waals surface area contributed by atoms with Crippen LogP contribution in [0.4, 0.5) is 19.0 Å². The lowest BCUT2D eigenvalue weighted by Gasteiger charge is -2.29. The number of aryl methyl sites for hydroxylation is 1. The molecule has 0 aromatic carbocycles. The van der Waals surface area contributed by atoms with Crippen molar-refractivity contribution in [3.8, 4) is 0 Å². The molecular formula is C20H22ClF3N6O4S. The number of hydrogen-bond donors (Lipinski definition) is 2. The fourth-order valence-electron chi connectivity index (χ4n) is 2.67. The first-order valence-corrected chi connectivity index (χ1v) is 11.2. The van der Waals surface area contributed by atoms with E-state index in [-0.39, 0.29) is 22.2 Å². The summed E-state index contributed by atoms with van der Waals surface area (Å²) in [6, 6.07) is 2.93. The summed E-state index contributed by atoms with van der Waals surface area (Å²) in [6.45, 7) is 1.56. The third-order valence-electron chi connectivity index (χ3n) is 4.82. The van der Waals surface area contributed by atoms with E-state index in [9.17, 15) is 22.8 Å². The van der Waals surface area contributed by atoms with Crippen molar-refractivity contribution in [1.82, 2.24) is 24.9 Å². The van der Waals surface area contributed by atoms with E-state index >= 15 is 0 Å². The van der Waals surface area contributed by atoms with Gasteiger partial charge in [0.1, 0.15) is 17.2 Å². The van der Waals surface area contributed by atoms with Gasteiger partial charge in [-0.05, 0) is 44.0 Å². The molecule has 0 spiro atoms. The molecule has 1 unspecified atom stereocenters. The van der Waals surface area contributed by atoms with Gasteiger partial charge in [0, 0.05) is 19.4 Å². The van der Waals surface area contributed by atoms with E-state index in [1.807, 2.05) is 0 Å². The highest BCUT2D eigenvalue weighted by Crippen LogP contribution is 2.38. The number of hydrazine groups is 1. The van der Waals surface area contributed by atoms with Gasteiger partial charge in [0.2, 0.25) is 0 Å². The van der Waals surface area contributed by atoms with Gasteiger partial charge in [-0.3, -0.25) is 19.2 Å². The van der Waals surface area contributed by atoms with Gasteiger partial charge in [-0.2, -0.15) is 23.7 Å². The standard InChI is InChI=1S/C20H22ClF3N6O4S/c1-19(2,20(22,23)24)10-34-14-7-8-30(26-14)13-6-5-11(16(21)25-13)17(31)28-35-12-9-29(3)27-15(12)18(32)33-4/h5-9,14,26H,10H2,1-4H3,(H,28,31). The number of nitrogens with one attached hydrogen (secondary N) is 2. The Bertz CT molecular complexity index is 1140. The van der Waals surface area contributed by atoms with Gasteiger partial charge < -0.3 is 9.47 Å². The summed E-state index contributed by atoms with van der Waals surface area (Å²) >= 11 is 7.06. The zero-order valence-corrected chi connectivity index (χ0v) is 20.6. The van der Waals surface area contributed by atoms with E-state index in [1.165, 1.54) is 41.2 Å². The Morgan fingerprint density at radius 2 is 2.03 bits per heavy atom. The first-order chi connectivity index (χ1) is 16.3. The van der Waals surface area contributed by atoms with E-state index in [1.54, 1.807) is 13.2 Å². The molecule has 0 bridgehead atoms. The van der Waals surface area contributed by atoms with Gasteiger partial charge in [0.25, 0.3) is 5.91 Å². The molecule has 0 radical (unpaired) electrons. The number of halogens is 4. The van der Waals surface area contributed by atoms with Crippen molar-refractivity contribution in [2.75, 3.05) is 18.7 Å². The minimum Gasteiger partial charge on any atom is -0.464 e. The maximum absolute atomic E-state index is 13.0. The molecule has 1 aliphatic heterocycles. The van der Waals surface area contributed by atoms with Crippen LogP contribution in [0.5, 0.6) is 0 Å². The van der Waals surface area contributed by atoms with Crippen molar-refractivity contribution in [1.29, 1.82) is 0 Å². The topological polar surface area (TPSA) is 111 Å². The summed E-state index contributed by atoms with van der Waals surface area (Å²) in [4.78, 5) is 28.9. The number of aromatic nitrogens is 3. The van der Waals surface area contributed by atoms with Crippen LogP contribution in [-0.2, 0) is 16.5 Å². The third kappa shape index (κ3) is 6.25. The normalized spacial score (nSPS) is 16.0.